The summed E-state index contributed by atoms with van der Waals surface area (Å²) in [5, 5.41) is 9.57. The van der Waals surface area contributed by atoms with Gasteiger partial charge in [0.2, 0.25) is 5.95 Å². The second-order valence-corrected chi connectivity index (χ2v) is 6.51. The first-order chi connectivity index (χ1) is 9.93. The normalized spacial score (nSPS) is 24.0. The van der Waals surface area contributed by atoms with Crippen LogP contribution in [0.25, 0.3) is 11.2 Å². The van der Waals surface area contributed by atoms with Crippen LogP contribution in [0.1, 0.15) is 20.3 Å². The molecule has 4 N–H and O–H groups in total. The standard InChI is InChI=1S/C13H19ClN6O/c1-13(2)7(3-8(13)5-21)4-17-20-6-16-9-10(14)18-12(15)19-11(9)20/h6-8,17,21H,3-5H2,1-2H3,(H2,15,18,19)/t7-,8+/m1/s1. The smallest absolute Gasteiger partial charge is 0.223 e. The minimum atomic E-state index is 0.125. The molecule has 1 fully saturated rings. The zero-order valence-electron chi connectivity index (χ0n) is 12.0. The van der Waals surface area contributed by atoms with Gasteiger partial charge < -0.3 is 16.3 Å². The fraction of sp³-hybridized carbons (Fsp3) is 0.615. The van der Waals surface area contributed by atoms with Gasteiger partial charge in [-0.3, -0.25) is 0 Å². The number of hydrogen-bond acceptors (Lipinski definition) is 6. The number of nitrogens with one attached hydrogen (secondary N) is 1. The molecule has 1 saturated carbocycles. The number of nitrogens with zero attached hydrogens (tertiary/aromatic N) is 4. The first-order valence-electron chi connectivity index (χ1n) is 6.94. The molecule has 0 bridgehead atoms. The monoisotopic (exact) mass is 310 g/mol. The van der Waals surface area contributed by atoms with E-state index < -0.39 is 0 Å². The molecule has 1 aliphatic carbocycles. The van der Waals surface area contributed by atoms with E-state index in [0.717, 1.165) is 13.0 Å². The van der Waals surface area contributed by atoms with Crippen LogP contribution in [0.15, 0.2) is 6.33 Å². The van der Waals surface area contributed by atoms with E-state index in [1.54, 1.807) is 11.0 Å². The van der Waals surface area contributed by atoms with Gasteiger partial charge in [0.1, 0.15) is 11.8 Å². The SMILES string of the molecule is CC1(C)[C@H](CO)C[C@@H]1CNn1cnc2c(Cl)nc(N)nc21. The van der Waals surface area contributed by atoms with E-state index in [9.17, 15) is 5.11 Å². The Kier molecular flexibility index (Phi) is 3.41. The Morgan fingerprint density at radius 2 is 2.24 bits per heavy atom. The van der Waals surface area contributed by atoms with Crippen molar-refractivity contribution < 1.29 is 5.11 Å². The van der Waals surface area contributed by atoms with Gasteiger partial charge in [-0.25, -0.2) is 9.66 Å². The van der Waals surface area contributed by atoms with E-state index in [2.05, 4.69) is 34.2 Å². The first kappa shape index (κ1) is 14.3. The first-order valence-corrected chi connectivity index (χ1v) is 7.32. The van der Waals surface area contributed by atoms with Crippen molar-refractivity contribution in [1.82, 2.24) is 19.6 Å². The molecule has 3 rings (SSSR count). The summed E-state index contributed by atoms with van der Waals surface area (Å²) in [6.45, 7) is 5.40. The zero-order chi connectivity index (χ0) is 15.2. The lowest BCUT2D eigenvalue weighted by molar-refractivity contribution is -0.0452. The molecule has 2 aromatic rings. The number of fused-ring (bicyclic) bond motifs is 1. The summed E-state index contributed by atoms with van der Waals surface area (Å²) in [6.07, 6.45) is 2.64. The Hall–Kier alpha value is -1.60. The predicted molar refractivity (Wildman–Crippen MR) is 81.4 cm³/mol. The lowest BCUT2D eigenvalue weighted by Gasteiger charge is -2.51. The lowest BCUT2D eigenvalue weighted by Crippen LogP contribution is -2.50. The van der Waals surface area contributed by atoms with Crippen molar-refractivity contribution in [2.75, 3.05) is 24.3 Å². The third-order valence-corrected chi connectivity index (χ3v) is 5.04. The molecule has 2 aromatic heterocycles. The molecule has 1 aliphatic rings. The van der Waals surface area contributed by atoms with E-state index >= 15 is 0 Å². The molecule has 7 nitrogen and oxygen atoms in total. The predicted octanol–water partition coefficient (Wildman–Crippen LogP) is 1.26. The van der Waals surface area contributed by atoms with Crippen LogP contribution in [-0.4, -0.2) is 37.9 Å². The molecule has 21 heavy (non-hydrogen) atoms. The highest BCUT2D eigenvalue weighted by atomic mass is 35.5. The van der Waals surface area contributed by atoms with Crippen molar-refractivity contribution in [3.63, 3.8) is 0 Å². The number of aliphatic hydroxyl groups is 1. The number of aromatic nitrogens is 4. The number of rotatable bonds is 4. The Bertz CT molecular complexity index is 670. The second kappa shape index (κ2) is 4.99. The summed E-state index contributed by atoms with van der Waals surface area (Å²) < 4.78 is 1.72. The fourth-order valence-electron chi connectivity index (χ4n) is 2.99. The number of imidazole rings is 1. The molecule has 2 atom stereocenters. The highest BCUT2D eigenvalue weighted by molar-refractivity contribution is 6.33. The fourth-order valence-corrected chi connectivity index (χ4v) is 3.21. The molecular weight excluding hydrogens is 292 g/mol. The van der Waals surface area contributed by atoms with E-state index in [4.69, 9.17) is 17.3 Å². The lowest BCUT2D eigenvalue weighted by atomic mass is 9.55. The number of anilines is 1. The van der Waals surface area contributed by atoms with E-state index in [1.165, 1.54) is 0 Å². The van der Waals surface area contributed by atoms with Crippen LogP contribution in [0.2, 0.25) is 5.15 Å². The average Bonchev–Trinajstić information content (AvgIpc) is 2.81. The van der Waals surface area contributed by atoms with Crippen LogP contribution < -0.4 is 11.2 Å². The minimum absolute atomic E-state index is 0.125. The van der Waals surface area contributed by atoms with Crippen molar-refractivity contribution in [2.45, 2.75) is 20.3 Å². The molecule has 2 heterocycles. The highest BCUT2D eigenvalue weighted by Gasteiger charge is 2.47. The quantitative estimate of drug-likeness (QED) is 0.735. The molecular formula is C13H19ClN6O. The van der Waals surface area contributed by atoms with Gasteiger partial charge in [-0.2, -0.15) is 9.97 Å². The molecule has 0 spiro atoms. The van der Waals surface area contributed by atoms with Gasteiger partial charge in [0, 0.05) is 13.2 Å². The maximum absolute atomic E-state index is 9.31. The third kappa shape index (κ3) is 2.30. The Morgan fingerprint density at radius 3 is 2.90 bits per heavy atom. The summed E-state index contributed by atoms with van der Waals surface area (Å²) in [5.41, 5.74) is 10.1. The zero-order valence-corrected chi connectivity index (χ0v) is 12.8. The van der Waals surface area contributed by atoms with Gasteiger partial charge >= 0.3 is 0 Å². The summed E-state index contributed by atoms with van der Waals surface area (Å²) in [7, 11) is 0. The number of aliphatic hydroxyl groups excluding tert-OH is 1. The molecule has 0 aromatic carbocycles. The topological polar surface area (TPSA) is 102 Å². The summed E-state index contributed by atoms with van der Waals surface area (Å²) in [4.78, 5) is 12.2. The highest BCUT2D eigenvalue weighted by Crippen LogP contribution is 2.50. The number of halogens is 1. The maximum atomic E-state index is 9.31. The minimum Gasteiger partial charge on any atom is -0.396 e. The van der Waals surface area contributed by atoms with Gasteiger partial charge in [-0.15, -0.1) is 0 Å². The Morgan fingerprint density at radius 1 is 1.48 bits per heavy atom. The van der Waals surface area contributed by atoms with Crippen LogP contribution in [-0.2, 0) is 0 Å². The van der Waals surface area contributed by atoms with Crippen LogP contribution in [0.4, 0.5) is 5.95 Å². The molecule has 0 amide bonds. The maximum Gasteiger partial charge on any atom is 0.223 e. The van der Waals surface area contributed by atoms with Gasteiger partial charge in [0.15, 0.2) is 10.8 Å². The Balaban J connectivity index is 1.75. The third-order valence-electron chi connectivity index (χ3n) is 4.77. The largest absolute Gasteiger partial charge is 0.396 e. The van der Waals surface area contributed by atoms with Crippen LogP contribution in [0.3, 0.4) is 0 Å². The molecule has 0 aliphatic heterocycles. The number of hydrogen-bond donors (Lipinski definition) is 3. The van der Waals surface area contributed by atoms with Crippen LogP contribution in [0, 0.1) is 17.3 Å². The second-order valence-electron chi connectivity index (χ2n) is 6.16. The van der Waals surface area contributed by atoms with Gasteiger partial charge in [-0.05, 0) is 23.7 Å². The van der Waals surface area contributed by atoms with Crippen molar-refractivity contribution in [2.24, 2.45) is 17.3 Å². The van der Waals surface area contributed by atoms with Crippen molar-refractivity contribution in [1.29, 1.82) is 0 Å². The van der Waals surface area contributed by atoms with Gasteiger partial charge in [0.05, 0.1) is 0 Å². The molecule has 8 heteroatoms. The number of nitrogen functional groups attached to an aromatic ring is 1. The molecule has 0 unspecified atom stereocenters. The Labute approximate surface area is 127 Å². The van der Waals surface area contributed by atoms with Gasteiger partial charge in [-0.1, -0.05) is 25.4 Å². The van der Waals surface area contributed by atoms with E-state index in [0.29, 0.717) is 23.0 Å². The van der Waals surface area contributed by atoms with E-state index in [1.807, 2.05) is 0 Å². The van der Waals surface area contributed by atoms with Crippen molar-refractivity contribution in [3.8, 4) is 0 Å². The van der Waals surface area contributed by atoms with Crippen molar-refractivity contribution >= 4 is 28.7 Å². The molecule has 0 saturated heterocycles. The summed E-state index contributed by atoms with van der Waals surface area (Å²) >= 11 is 6.00. The van der Waals surface area contributed by atoms with E-state index in [-0.39, 0.29) is 23.1 Å². The van der Waals surface area contributed by atoms with Crippen LogP contribution >= 0.6 is 11.6 Å². The summed E-state index contributed by atoms with van der Waals surface area (Å²) in [6, 6.07) is 0. The van der Waals surface area contributed by atoms with Gasteiger partial charge in [0.25, 0.3) is 0 Å². The average molecular weight is 311 g/mol. The van der Waals surface area contributed by atoms with Crippen LogP contribution in [0.5, 0.6) is 0 Å². The molecule has 114 valence electrons. The van der Waals surface area contributed by atoms with Crippen molar-refractivity contribution in [3.05, 3.63) is 11.5 Å². The molecule has 0 radical (unpaired) electrons. The summed E-state index contributed by atoms with van der Waals surface area (Å²) in [5.74, 6) is 0.985. The number of nitrogens with two attached hydrogens (primary N) is 1.